The number of carbonyl (C=O) groups is 1. The zero-order valence-corrected chi connectivity index (χ0v) is 10.6. The molecular formula is C13H15N3O3. The van der Waals surface area contributed by atoms with E-state index in [1.165, 1.54) is 10.9 Å². The molecule has 2 aromatic rings. The third-order valence-electron chi connectivity index (χ3n) is 2.51. The van der Waals surface area contributed by atoms with Gasteiger partial charge >= 0.3 is 5.97 Å². The van der Waals surface area contributed by atoms with Crippen molar-refractivity contribution in [1.82, 2.24) is 15.0 Å². The van der Waals surface area contributed by atoms with E-state index in [-0.39, 0.29) is 6.42 Å². The Labute approximate surface area is 110 Å². The number of nitrogens with zero attached hydrogens (tertiary/aromatic N) is 3. The van der Waals surface area contributed by atoms with Gasteiger partial charge in [-0.3, -0.25) is 4.79 Å². The Balaban J connectivity index is 2.18. The first-order valence-corrected chi connectivity index (χ1v) is 6.05. The maximum Gasteiger partial charge on any atom is 0.309 e. The molecule has 6 nitrogen and oxygen atoms in total. The summed E-state index contributed by atoms with van der Waals surface area (Å²) in [5.74, 6) is -0.128. The molecule has 0 aliphatic rings. The van der Waals surface area contributed by atoms with E-state index in [1.54, 1.807) is 0 Å². The highest BCUT2D eigenvalue weighted by molar-refractivity contribution is 5.69. The van der Waals surface area contributed by atoms with Crippen LogP contribution in [0.15, 0.2) is 30.5 Å². The number of carboxylic acids is 1. The van der Waals surface area contributed by atoms with Crippen LogP contribution in [0.5, 0.6) is 5.75 Å². The largest absolute Gasteiger partial charge is 0.494 e. The van der Waals surface area contributed by atoms with Crippen molar-refractivity contribution in [3.05, 3.63) is 36.2 Å². The molecule has 1 heterocycles. The van der Waals surface area contributed by atoms with Crippen molar-refractivity contribution in [2.24, 2.45) is 0 Å². The fourth-order valence-electron chi connectivity index (χ4n) is 1.65. The lowest BCUT2D eigenvalue weighted by molar-refractivity contribution is -0.136. The zero-order chi connectivity index (χ0) is 13.7. The van der Waals surface area contributed by atoms with Crippen LogP contribution in [0.2, 0.25) is 0 Å². The smallest absolute Gasteiger partial charge is 0.309 e. The minimum absolute atomic E-state index is 0.110. The Morgan fingerprint density at radius 3 is 2.74 bits per heavy atom. The summed E-state index contributed by atoms with van der Waals surface area (Å²) in [4.78, 5) is 10.7. The van der Waals surface area contributed by atoms with Crippen molar-refractivity contribution in [2.45, 2.75) is 19.8 Å². The summed E-state index contributed by atoms with van der Waals surface area (Å²) in [6.07, 6.45) is 2.30. The maximum atomic E-state index is 10.7. The van der Waals surface area contributed by atoms with E-state index in [9.17, 15) is 4.79 Å². The monoisotopic (exact) mass is 261 g/mol. The number of benzene rings is 1. The van der Waals surface area contributed by atoms with Crippen molar-refractivity contribution in [3.63, 3.8) is 0 Å². The lowest BCUT2D eigenvalue weighted by atomic mass is 10.2. The second-order valence-corrected chi connectivity index (χ2v) is 4.05. The molecule has 0 atom stereocenters. The second kappa shape index (κ2) is 5.99. The number of ether oxygens (including phenoxy) is 1. The van der Waals surface area contributed by atoms with Gasteiger partial charge in [0, 0.05) is 0 Å². The minimum Gasteiger partial charge on any atom is -0.494 e. The topological polar surface area (TPSA) is 77.2 Å². The number of aromatic nitrogens is 3. The number of hydrogen-bond acceptors (Lipinski definition) is 4. The Morgan fingerprint density at radius 1 is 1.37 bits per heavy atom. The van der Waals surface area contributed by atoms with Gasteiger partial charge in [-0.2, -0.15) is 0 Å². The fraction of sp³-hybridized carbons (Fsp3) is 0.308. The first-order valence-electron chi connectivity index (χ1n) is 6.05. The van der Waals surface area contributed by atoms with Crippen molar-refractivity contribution in [2.75, 3.05) is 6.61 Å². The zero-order valence-electron chi connectivity index (χ0n) is 10.6. The lowest BCUT2D eigenvalue weighted by Gasteiger charge is -2.07. The first kappa shape index (κ1) is 13.1. The van der Waals surface area contributed by atoms with Crippen LogP contribution < -0.4 is 4.74 Å². The molecule has 19 heavy (non-hydrogen) atoms. The Hall–Kier alpha value is -2.37. The quantitative estimate of drug-likeness (QED) is 0.856. The van der Waals surface area contributed by atoms with Gasteiger partial charge in [0.1, 0.15) is 5.75 Å². The molecule has 0 aliphatic heterocycles. The van der Waals surface area contributed by atoms with Crippen LogP contribution in [-0.2, 0) is 11.2 Å². The van der Waals surface area contributed by atoms with E-state index in [0.717, 1.165) is 17.9 Å². The van der Waals surface area contributed by atoms with Crippen LogP contribution >= 0.6 is 0 Å². The molecule has 6 heteroatoms. The minimum atomic E-state index is -0.911. The number of hydrogen-bond donors (Lipinski definition) is 1. The molecule has 1 aromatic heterocycles. The van der Waals surface area contributed by atoms with Gasteiger partial charge in [0.05, 0.1) is 30.6 Å². The van der Waals surface area contributed by atoms with Gasteiger partial charge in [-0.15, -0.1) is 5.10 Å². The summed E-state index contributed by atoms with van der Waals surface area (Å²) >= 11 is 0. The molecule has 0 bridgehead atoms. The van der Waals surface area contributed by atoms with Crippen LogP contribution in [-0.4, -0.2) is 32.7 Å². The molecule has 0 saturated heterocycles. The summed E-state index contributed by atoms with van der Waals surface area (Å²) in [6, 6.07) is 7.31. The van der Waals surface area contributed by atoms with Gasteiger partial charge in [-0.25, -0.2) is 4.68 Å². The Morgan fingerprint density at radius 2 is 2.11 bits per heavy atom. The molecule has 0 aliphatic carbocycles. The lowest BCUT2D eigenvalue weighted by Crippen LogP contribution is -2.08. The SMILES string of the molecule is CCCOc1ccc(-n2nncc2CC(=O)O)cc1. The second-order valence-electron chi connectivity index (χ2n) is 4.05. The first-order chi connectivity index (χ1) is 9.20. The van der Waals surface area contributed by atoms with E-state index < -0.39 is 5.97 Å². The molecule has 0 saturated carbocycles. The highest BCUT2D eigenvalue weighted by Crippen LogP contribution is 2.16. The maximum absolute atomic E-state index is 10.7. The van der Waals surface area contributed by atoms with Crippen molar-refractivity contribution >= 4 is 5.97 Å². The molecular weight excluding hydrogens is 246 g/mol. The summed E-state index contributed by atoms with van der Waals surface area (Å²) < 4.78 is 6.99. The van der Waals surface area contributed by atoms with Gasteiger partial charge in [-0.05, 0) is 30.7 Å². The van der Waals surface area contributed by atoms with Gasteiger partial charge in [0.2, 0.25) is 0 Å². The van der Waals surface area contributed by atoms with Gasteiger partial charge in [0.15, 0.2) is 0 Å². The van der Waals surface area contributed by atoms with Crippen molar-refractivity contribution in [1.29, 1.82) is 0 Å². The van der Waals surface area contributed by atoms with Crippen LogP contribution in [0.4, 0.5) is 0 Å². The third-order valence-corrected chi connectivity index (χ3v) is 2.51. The van der Waals surface area contributed by atoms with E-state index in [4.69, 9.17) is 9.84 Å². The fourth-order valence-corrected chi connectivity index (χ4v) is 1.65. The summed E-state index contributed by atoms with van der Waals surface area (Å²) in [5, 5.41) is 16.4. The molecule has 100 valence electrons. The summed E-state index contributed by atoms with van der Waals surface area (Å²) in [7, 11) is 0. The number of carboxylic acid groups (broad SMARTS) is 1. The van der Waals surface area contributed by atoms with Crippen molar-refractivity contribution < 1.29 is 14.6 Å². The predicted octanol–water partition coefficient (Wildman–Crippen LogP) is 1.68. The Kier molecular flexibility index (Phi) is 4.12. The van der Waals surface area contributed by atoms with E-state index in [1.807, 2.05) is 31.2 Å². The van der Waals surface area contributed by atoms with Gasteiger partial charge in [-0.1, -0.05) is 12.1 Å². The molecule has 0 radical (unpaired) electrons. The van der Waals surface area contributed by atoms with Crippen LogP contribution in [0, 0.1) is 0 Å². The highest BCUT2D eigenvalue weighted by atomic mass is 16.5. The average molecular weight is 261 g/mol. The van der Waals surface area contributed by atoms with Crippen LogP contribution in [0.3, 0.4) is 0 Å². The van der Waals surface area contributed by atoms with E-state index >= 15 is 0 Å². The highest BCUT2D eigenvalue weighted by Gasteiger charge is 2.09. The number of aliphatic carboxylic acids is 1. The van der Waals surface area contributed by atoms with Crippen LogP contribution in [0.25, 0.3) is 5.69 Å². The standard InChI is InChI=1S/C13H15N3O3/c1-2-7-19-12-5-3-10(4-6-12)16-11(8-13(17)18)9-14-15-16/h3-6,9H,2,7-8H2,1H3,(H,17,18). The molecule has 0 spiro atoms. The van der Waals surface area contributed by atoms with Gasteiger partial charge < -0.3 is 9.84 Å². The molecule has 1 aromatic carbocycles. The number of rotatable bonds is 6. The van der Waals surface area contributed by atoms with Gasteiger partial charge in [0.25, 0.3) is 0 Å². The van der Waals surface area contributed by atoms with E-state index in [2.05, 4.69) is 10.3 Å². The summed E-state index contributed by atoms with van der Waals surface area (Å²) in [5.41, 5.74) is 1.30. The van der Waals surface area contributed by atoms with E-state index in [0.29, 0.717) is 12.3 Å². The predicted molar refractivity (Wildman–Crippen MR) is 68.5 cm³/mol. The summed E-state index contributed by atoms with van der Waals surface area (Å²) in [6.45, 7) is 2.72. The average Bonchev–Trinajstić information content (AvgIpc) is 2.84. The van der Waals surface area contributed by atoms with Crippen molar-refractivity contribution in [3.8, 4) is 11.4 Å². The normalized spacial score (nSPS) is 10.4. The molecule has 0 unspecified atom stereocenters. The molecule has 0 amide bonds. The van der Waals surface area contributed by atoms with Crippen LogP contribution in [0.1, 0.15) is 19.0 Å². The molecule has 0 fully saturated rings. The Bertz CT molecular complexity index is 549. The third kappa shape index (κ3) is 3.31. The molecule has 2 rings (SSSR count). The molecule has 1 N–H and O–H groups in total.